The lowest BCUT2D eigenvalue weighted by Gasteiger charge is -2.42. The van der Waals surface area contributed by atoms with Crippen LogP contribution >= 0.6 is 0 Å². The molecule has 5 nitrogen and oxygen atoms in total. The molecule has 2 fully saturated rings. The quantitative estimate of drug-likeness (QED) is 0.883. The number of nitrogens with zero attached hydrogens (tertiary/aromatic N) is 1. The normalized spacial score (nSPS) is 29.9. The first-order valence-electron chi connectivity index (χ1n) is 7.46. The van der Waals surface area contributed by atoms with Crippen LogP contribution in [0.3, 0.4) is 0 Å². The monoisotopic (exact) mass is 291 g/mol. The second kappa shape index (κ2) is 5.75. The molecule has 2 atom stereocenters. The Hall–Kier alpha value is -1.43. The number of aliphatic hydroxyl groups excluding tert-OH is 1. The Morgan fingerprint density at radius 3 is 2.67 bits per heavy atom. The van der Waals surface area contributed by atoms with Gasteiger partial charge in [-0.15, -0.1) is 0 Å². The van der Waals surface area contributed by atoms with E-state index in [1.807, 2.05) is 12.1 Å². The van der Waals surface area contributed by atoms with Gasteiger partial charge in [-0.3, -0.25) is 4.90 Å². The van der Waals surface area contributed by atoms with Crippen LogP contribution < -0.4 is 0 Å². The van der Waals surface area contributed by atoms with E-state index in [9.17, 15) is 9.90 Å². The molecule has 0 saturated carbocycles. The van der Waals surface area contributed by atoms with Crippen LogP contribution in [-0.2, 0) is 11.3 Å². The topological polar surface area (TPSA) is 70.0 Å². The van der Waals surface area contributed by atoms with Crippen LogP contribution in [0, 0.1) is 0 Å². The minimum atomic E-state index is -0.907. The van der Waals surface area contributed by atoms with Crippen molar-refractivity contribution in [2.45, 2.75) is 37.5 Å². The van der Waals surface area contributed by atoms with Crippen LogP contribution in [-0.4, -0.2) is 52.5 Å². The first kappa shape index (κ1) is 14.5. The Morgan fingerprint density at radius 1 is 1.33 bits per heavy atom. The number of aromatic carboxylic acids is 1. The number of hydrogen-bond donors (Lipinski definition) is 2. The molecule has 0 amide bonds. The van der Waals surface area contributed by atoms with Gasteiger partial charge in [0.2, 0.25) is 0 Å². The summed E-state index contributed by atoms with van der Waals surface area (Å²) in [4.78, 5) is 13.0. The molecule has 1 spiro atoms. The van der Waals surface area contributed by atoms with Crippen molar-refractivity contribution in [3.05, 3.63) is 35.4 Å². The zero-order chi connectivity index (χ0) is 14.9. The number of carboxylic acids is 1. The zero-order valence-electron chi connectivity index (χ0n) is 12.0. The lowest BCUT2D eigenvalue weighted by molar-refractivity contribution is -0.130. The molecule has 0 aromatic heterocycles. The molecule has 0 aliphatic carbocycles. The van der Waals surface area contributed by atoms with Crippen molar-refractivity contribution >= 4 is 5.97 Å². The Bertz CT molecular complexity index is 508. The second-order valence-electron chi connectivity index (χ2n) is 6.02. The van der Waals surface area contributed by atoms with E-state index in [1.165, 1.54) is 0 Å². The highest BCUT2D eigenvalue weighted by Gasteiger charge is 2.45. The molecule has 2 N–H and O–H groups in total. The number of rotatable bonds is 3. The van der Waals surface area contributed by atoms with Crippen molar-refractivity contribution in [3.8, 4) is 0 Å². The third-order valence-corrected chi connectivity index (χ3v) is 4.63. The molecule has 0 unspecified atom stereocenters. The molecule has 2 aliphatic heterocycles. The van der Waals surface area contributed by atoms with Gasteiger partial charge in [0, 0.05) is 26.2 Å². The summed E-state index contributed by atoms with van der Waals surface area (Å²) in [5.41, 5.74) is 1.05. The predicted octanol–water partition coefficient (Wildman–Crippen LogP) is 1.50. The van der Waals surface area contributed by atoms with Crippen molar-refractivity contribution < 1.29 is 19.7 Å². The minimum absolute atomic E-state index is 0.302. The maximum atomic E-state index is 10.8. The van der Waals surface area contributed by atoms with E-state index in [4.69, 9.17) is 9.84 Å². The van der Waals surface area contributed by atoms with Gasteiger partial charge in [0.15, 0.2) is 0 Å². The number of benzene rings is 1. The van der Waals surface area contributed by atoms with E-state index in [-0.39, 0.29) is 5.60 Å². The summed E-state index contributed by atoms with van der Waals surface area (Å²) >= 11 is 0. The van der Waals surface area contributed by atoms with E-state index in [0.717, 1.165) is 44.5 Å². The van der Waals surface area contributed by atoms with E-state index < -0.39 is 12.1 Å². The molecule has 0 radical (unpaired) electrons. The molecule has 0 bridgehead atoms. The zero-order valence-corrected chi connectivity index (χ0v) is 12.0. The third-order valence-electron chi connectivity index (χ3n) is 4.63. The van der Waals surface area contributed by atoms with Gasteiger partial charge in [0.1, 0.15) is 0 Å². The van der Waals surface area contributed by atoms with Gasteiger partial charge in [0.25, 0.3) is 0 Å². The number of aliphatic hydroxyl groups is 1. The van der Waals surface area contributed by atoms with Crippen LogP contribution in [0.1, 0.15) is 35.2 Å². The van der Waals surface area contributed by atoms with Crippen LogP contribution in [0.5, 0.6) is 0 Å². The van der Waals surface area contributed by atoms with Gasteiger partial charge in [-0.25, -0.2) is 4.79 Å². The molecule has 114 valence electrons. The molecular formula is C16H21NO4. The van der Waals surface area contributed by atoms with Gasteiger partial charge in [0.05, 0.1) is 17.3 Å². The highest BCUT2D eigenvalue weighted by atomic mass is 16.5. The predicted molar refractivity (Wildman–Crippen MR) is 77.2 cm³/mol. The summed E-state index contributed by atoms with van der Waals surface area (Å²) in [7, 11) is 0. The third kappa shape index (κ3) is 2.95. The van der Waals surface area contributed by atoms with Crippen molar-refractivity contribution in [2.24, 2.45) is 0 Å². The number of likely N-dealkylation sites (tertiary alicyclic amines) is 1. The van der Waals surface area contributed by atoms with Crippen LogP contribution in [0.2, 0.25) is 0 Å². The molecule has 1 aromatic rings. The Kier molecular flexibility index (Phi) is 3.97. The standard InChI is InChI=1S/C16H21NO4/c18-14-11-17(8-7-16(14)6-1-9-21-16)10-12-2-4-13(5-3-12)15(19)20/h2-5,14,18H,1,6-11H2,(H,19,20)/t14-,16-/m0/s1. The smallest absolute Gasteiger partial charge is 0.335 e. The number of hydrogen-bond acceptors (Lipinski definition) is 4. The molecule has 2 heterocycles. The number of ether oxygens (including phenoxy) is 1. The SMILES string of the molecule is O=C(O)c1ccc(CN2CC[C@@]3(CCCO3)[C@@H](O)C2)cc1. The maximum Gasteiger partial charge on any atom is 0.335 e. The Labute approximate surface area is 124 Å². The van der Waals surface area contributed by atoms with E-state index in [0.29, 0.717) is 12.1 Å². The molecule has 21 heavy (non-hydrogen) atoms. The van der Waals surface area contributed by atoms with Gasteiger partial charge in [-0.1, -0.05) is 12.1 Å². The van der Waals surface area contributed by atoms with Crippen molar-refractivity contribution in [1.29, 1.82) is 0 Å². The summed E-state index contributed by atoms with van der Waals surface area (Å²) in [6, 6.07) is 6.93. The first-order chi connectivity index (χ1) is 10.1. The Morgan fingerprint density at radius 2 is 2.10 bits per heavy atom. The van der Waals surface area contributed by atoms with Gasteiger partial charge in [-0.05, 0) is 37.0 Å². The molecule has 1 aromatic carbocycles. The van der Waals surface area contributed by atoms with E-state index >= 15 is 0 Å². The molecular weight excluding hydrogens is 270 g/mol. The van der Waals surface area contributed by atoms with Crippen molar-refractivity contribution in [2.75, 3.05) is 19.7 Å². The Balaban J connectivity index is 1.60. The summed E-state index contributed by atoms with van der Waals surface area (Å²) < 4.78 is 5.79. The average Bonchev–Trinajstić information content (AvgIpc) is 2.94. The minimum Gasteiger partial charge on any atom is -0.478 e. The van der Waals surface area contributed by atoms with E-state index in [1.54, 1.807) is 12.1 Å². The summed E-state index contributed by atoms with van der Waals surface area (Å²) in [6.07, 6.45) is 2.41. The lowest BCUT2D eigenvalue weighted by Crippen LogP contribution is -2.54. The summed E-state index contributed by atoms with van der Waals surface area (Å²) in [5.74, 6) is -0.907. The molecule has 5 heteroatoms. The fourth-order valence-corrected chi connectivity index (χ4v) is 3.35. The van der Waals surface area contributed by atoms with Gasteiger partial charge < -0.3 is 14.9 Å². The molecule has 3 rings (SSSR count). The fraction of sp³-hybridized carbons (Fsp3) is 0.562. The number of carboxylic acid groups (broad SMARTS) is 1. The summed E-state index contributed by atoms with van der Waals surface area (Å²) in [5, 5.41) is 19.3. The largest absolute Gasteiger partial charge is 0.478 e. The van der Waals surface area contributed by atoms with Crippen molar-refractivity contribution in [3.63, 3.8) is 0 Å². The van der Waals surface area contributed by atoms with Crippen LogP contribution in [0.15, 0.2) is 24.3 Å². The highest BCUT2D eigenvalue weighted by Crippen LogP contribution is 2.36. The molecule has 2 saturated heterocycles. The average molecular weight is 291 g/mol. The van der Waals surface area contributed by atoms with E-state index in [2.05, 4.69) is 4.90 Å². The second-order valence-corrected chi connectivity index (χ2v) is 6.02. The number of β-amino-alcohol motifs (C(OH)–C–C–N with tert-alkyl or cyclic N) is 1. The molecule has 2 aliphatic rings. The first-order valence-corrected chi connectivity index (χ1v) is 7.46. The highest BCUT2D eigenvalue weighted by molar-refractivity contribution is 5.87. The summed E-state index contributed by atoms with van der Waals surface area (Å²) in [6.45, 7) is 3.00. The number of piperidine rings is 1. The van der Waals surface area contributed by atoms with Gasteiger partial charge >= 0.3 is 5.97 Å². The maximum absolute atomic E-state index is 10.8. The van der Waals surface area contributed by atoms with Crippen LogP contribution in [0.25, 0.3) is 0 Å². The lowest BCUT2D eigenvalue weighted by atomic mass is 9.86. The van der Waals surface area contributed by atoms with Crippen molar-refractivity contribution in [1.82, 2.24) is 4.90 Å². The number of carbonyl (C=O) groups is 1. The van der Waals surface area contributed by atoms with Crippen LogP contribution in [0.4, 0.5) is 0 Å². The van der Waals surface area contributed by atoms with Gasteiger partial charge in [-0.2, -0.15) is 0 Å². The fourth-order valence-electron chi connectivity index (χ4n) is 3.35.